The molecule has 6 rings (SSSR count). The summed E-state index contributed by atoms with van der Waals surface area (Å²) in [5.41, 5.74) is 6.95. The van der Waals surface area contributed by atoms with Crippen molar-refractivity contribution < 1.29 is 19.1 Å². The van der Waals surface area contributed by atoms with Crippen LogP contribution < -0.4 is 14.9 Å². The van der Waals surface area contributed by atoms with Gasteiger partial charge in [0.1, 0.15) is 0 Å². The van der Waals surface area contributed by atoms with E-state index in [0.717, 1.165) is 39.3 Å². The van der Waals surface area contributed by atoms with Crippen molar-refractivity contribution in [3.05, 3.63) is 149 Å². The fourth-order valence-electron chi connectivity index (χ4n) is 6.03. The van der Waals surface area contributed by atoms with Crippen LogP contribution in [-0.4, -0.2) is 34.8 Å². The fraction of sp³-hybridized carbons (Fsp3) is 0.189. The van der Waals surface area contributed by atoms with E-state index in [1.165, 1.54) is 18.4 Å². The lowest BCUT2D eigenvalue weighted by Gasteiger charge is -2.25. The first-order chi connectivity index (χ1) is 22.2. The van der Waals surface area contributed by atoms with Crippen molar-refractivity contribution in [3.63, 3.8) is 0 Å². The van der Waals surface area contributed by atoms with Gasteiger partial charge < -0.3 is 14.0 Å². The normalized spacial score (nSPS) is 14.5. The van der Waals surface area contributed by atoms with Gasteiger partial charge in [-0.1, -0.05) is 78.1 Å². The molecule has 3 heterocycles. The van der Waals surface area contributed by atoms with E-state index in [1.807, 2.05) is 106 Å². The number of benzene rings is 3. The SMILES string of the molecule is CCOC(=O)C1=C(c2ccccc2)N=c2s/c(=C/c3cc(C)n(-c4cccc(C(=O)OC)c4C)c3C)c(=O)n2[C@@H]1c1ccccc1. The van der Waals surface area contributed by atoms with E-state index < -0.39 is 18.0 Å². The van der Waals surface area contributed by atoms with Crippen molar-refractivity contribution >= 4 is 35.0 Å². The van der Waals surface area contributed by atoms with Gasteiger partial charge in [-0.25, -0.2) is 14.6 Å². The quantitative estimate of drug-likeness (QED) is 0.223. The third kappa shape index (κ3) is 5.32. The molecule has 1 atom stereocenters. The second-order valence-corrected chi connectivity index (χ2v) is 12.0. The maximum absolute atomic E-state index is 14.3. The Morgan fingerprint density at radius 1 is 0.935 bits per heavy atom. The number of hydrogen-bond acceptors (Lipinski definition) is 7. The summed E-state index contributed by atoms with van der Waals surface area (Å²) in [4.78, 5) is 45.7. The summed E-state index contributed by atoms with van der Waals surface area (Å²) in [6.07, 6.45) is 1.88. The number of carbonyl (C=O) groups excluding carboxylic acids is 2. The van der Waals surface area contributed by atoms with E-state index >= 15 is 0 Å². The zero-order valence-corrected chi connectivity index (χ0v) is 27.1. The van der Waals surface area contributed by atoms with E-state index in [1.54, 1.807) is 17.6 Å². The number of aromatic nitrogens is 2. The van der Waals surface area contributed by atoms with E-state index in [0.29, 0.717) is 26.2 Å². The van der Waals surface area contributed by atoms with Crippen LogP contribution >= 0.6 is 11.3 Å². The Hall–Kier alpha value is -5.28. The molecule has 0 bridgehead atoms. The van der Waals surface area contributed by atoms with Crippen molar-refractivity contribution in [1.29, 1.82) is 0 Å². The van der Waals surface area contributed by atoms with Crippen molar-refractivity contribution in [2.24, 2.45) is 4.99 Å². The number of carbonyl (C=O) groups is 2. The predicted octanol–water partition coefficient (Wildman–Crippen LogP) is 5.44. The van der Waals surface area contributed by atoms with Crippen LogP contribution in [0.3, 0.4) is 0 Å². The van der Waals surface area contributed by atoms with Crippen LogP contribution in [0.25, 0.3) is 17.5 Å². The summed E-state index contributed by atoms with van der Waals surface area (Å²) in [6.45, 7) is 7.82. The van der Waals surface area contributed by atoms with Gasteiger partial charge in [0, 0.05) is 22.6 Å². The Bertz CT molecular complexity index is 2190. The number of hydrogen-bond donors (Lipinski definition) is 0. The predicted molar refractivity (Wildman–Crippen MR) is 179 cm³/mol. The first kappa shape index (κ1) is 30.7. The number of nitrogens with zero attached hydrogens (tertiary/aromatic N) is 3. The Morgan fingerprint density at radius 3 is 2.30 bits per heavy atom. The molecule has 8 nitrogen and oxygen atoms in total. The van der Waals surface area contributed by atoms with Crippen molar-refractivity contribution in [2.45, 2.75) is 33.7 Å². The van der Waals surface area contributed by atoms with Gasteiger partial charge in [0.15, 0.2) is 4.80 Å². The van der Waals surface area contributed by atoms with Gasteiger partial charge in [-0.2, -0.15) is 0 Å². The number of methoxy groups -OCH3 is 1. The Labute approximate surface area is 270 Å². The largest absolute Gasteiger partial charge is 0.465 e. The Morgan fingerprint density at radius 2 is 1.63 bits per heavy atom. The molecule has 46 heavy (non-hydrogen) atoms. The van der Waals surface area contributed by atoms with Gasteiger partial charge in [0.2, 0.25) is 0 Å². The van der Waals surface area contributed by atoms with Gasteiger partial charge >= 0.3 is 11.9 Å². The molecule has 0 aliphatic carbocycles. The summed E-state index contributed by atoms with van der Waals surface area (Å²) in [5.74, 6) is -0.908. The molecular formula is C37H33N3O5S. The minimum atomic E-state index is -0.731. The minimum Gasteiger partial charge on any atom is -0.465 e. The van der Waals surface area contributed by atoms with Crippen LogP contribution in [0.4, 0.5) is 0 Å². The molecule has 0 radical (unpaired) electrons. The monoisotopic (exact) mass is 631 g/mol. The van der Waals surface area contributed by atoms with Crippen molar-refractivity contribution in [1.82, 2.24) is 9.13 Å². The topological polar surface area (TPSA) is 91.9 Å². The Balaban J connectivity index is 1.57. The van der Waals surface area contributed by atoms with Gasteiger partial charge in [-0.15, -0.1) is 0 Å². The average Bonchev–Trinajstić information content (AvgIpc) is 3.53. The van der Waals surface area contributed by atoms with Crippen molar-refractivity contribution in [3.8, 4) is 5.69 Å². The van der Waals surface area contributed by atoms with Crippen LogP contribution in [0.2, 0.25) is 0 Å². The molecule has 1 aliphatic heterocycles. The van der Waals surface area contributed by atoms with Gasteiger partial charge in [0.05, 0.1) is 41.1 Å². The fourth-order valence-corrected chi connectivity index (χ4v) is 7.03. The van der Waals surface area contributed by atoms with Crippen LogP contribution in [0, 0.1) is 20.8 Å². The summed E-state index contributed by atoms with van der Waals surface area (Å²) >= 11 is 1.28. The molecule has 0 saturated heterocycles. The highest BCUT2D eigenvalue weighted by Crippen LogP contribution is 2.35. The number of rotatable bonds is 7. The van der Waals surface area contributed by atoms with E-state index in [-0.39, 0.29) is 12.2 Å². The molecule has 232 valence electrons. The molecule has 0 unspecified atom stereocenters. The summed E-state index contributed by atoms with van der Waals surface area (Å²) in [7, 11) is 1.37. The minimum absolute atomic E-state index is 0.188. The lowest BCUT2D eigenvalue weighted by atomic mass is 9.93. The molecule has 5 aromatic rings. The third-order valence-electron chi connectivity index (χ3n) is 8.20. The molecule has 0 spiro atoms. The maximum atomic E-state index is 14.3. The number of ether oxygens (including phenoxy) is 2. The maximum Gasteiger partial charge on any atom is 0.338 e. The molecule has 3 aromatic carbocycles. The number of thiazole rings is 1. The molecular weight excluding hydrogens is 598 g/mol. The smallest absolute Gasteiger partial charge is 0.338 e. The standard InChI is InChI=1S/C37H33N3O5S/c1-6-45-36(43)31-32(25-14-9-7-10-15-25)38-37-40(33(31)26-16-11-8-12-17-26)34(41)30(46-37)21-27-20-22(2)39(24(27)4)29-19-13-18-28(23(29)3)35(42)44-5/h7-21,33H,6H2,1-5H3/b30-21+/t33-/m1/s1. The van der Waals surface area contributed by atoms with Crippen LogP contribution in [0.15, 0.2) is 100 Å². The average molecular weight is 632 g/mol. The number of esters is 2. The Kier molecular flexibility index (Phi) is 8.42. The van der Waals surface area contributed by atoms with Gasteiger partial charge in [0.25, 0.3) is 5.56 Å². The molecule has 9 heteroatoms. The first-order valence-corrected chi connectivity index (χ1v) is 15.8. The molecule has 0 N–H and O–H groups in total. The first-order valence-electron chi connectivity index (χ1n) is 15.0. The molecule has 1 aliphatic rings. The third-order valence-corrected chi connectivity index (χ3v) is 9.18. The van der Waals surface area contributed by atoms with Crippen LogP contribution in [0.5, 0.6) is 0 Å². The molecule has 0 fully saturated rings. The summed E-state index contributed by atoms with van der Waals surface area (Å²) in [6, 6.07) is 25.8. The highest BCUT2D eigenvalue weighted by molar-refractivity contribution is 7.07. The molecule has 0 amide bonds. The zero-order chi connectivity index (χ0) is 32.5. The molecule has 2 aromatic heterocycles. The van der Waals surface area contributed by atoms with Gasteiger partial charge in [-0.05, 0) is 68.7 Å². The van der Waals surface area contributed by atoms with Crippen LogP contribution in [-0.2, 0) is 14.3 Å². The lowest BCUT2D eigenvalue weighted by molar-refractivity contribution is -0.138. The summed E-state index contributed by atoms with van der Waals surface area (Å²) < 4.78 is 14.7. The highest BCUT2D eigenvalue weighted by Gasteiger charge is 2.35. The second-order valence-electron chi connectivity index (χ2n) is 10.9. The highest BCUT2D eigenvalue weighted by atomic mass is 32.1. The second kappa shape index (κ2) is 12.6. The summed E-state index contributed by atoms with van der Waals surface area (Å²) in [5, 5.41) is 0. The van der Waals surface area contributed by atoms with Gasteiger partial charge in [-0.3, -0.25) is 9.36 Å². The number of aryl methyl sites for hydroxylation is 1. The zero-order valence-electron chi connectivity index (χ0n) is 26.2. The molecule has 0 saturated carbocycles. The van der Waals surface area contributed by atoms with Crippen molar-refractivity contribution in [2.75, 3.05) is 13.7 Å². The van der Waals surface area contributed by atoms with Crippen LogP contribution in [0.1, 0.15) is 57.0 Å². The lowest BCUT2D eigenvalue weighted by Crippen LogP contribution is -2.40. The van der Waals surface area contributed by atoms with E-state index in [9.17, 15) is 14.4 Å². The van der Waals surface area contributed by atoms with E-state index in [4.69, 9.17) is 14.5 Å². The van der Waals surface area contributed by atoms with E-state index in [2.05, 4.69) is 4.57 Å². The number of fused-ring (bicyclic) bond motifs is 1.